The Morgan fingerprint density at radius 3 is 2.63 bits per heavy atom. The molecule has 0 aromatic rings. The van der Waals surface area contributed by atoms with Crippen LogP contribution in [0.25, 0.3) is 0 Å². The van der Waals surface area contributed by atoms with Crippen LogP contribution >= 0.6 is 0 Å². The molecular formula is C13H24N2O4. The fraction of sp³-hybridized carbons (Fsp3) is 0.846. The fourth-order valence-corrected chi connectivity index (χ4v) is 1.32. The van der Waals surface area contributed by atoms with E-state index in [-0.39, 0.29) is 5.97 Å². The Morgan fingerprint density at radius 1 is 1.16 bits per heavy atom. The van der Waals surface area contributed by atoms with Gasteiger partial charge in [0.05, 0.1) is 19.8 Å². The average molecular weight is 272 g/mol. The zero-order valence-electron chi connectivity index (χ0n) is 11.9. The fourth-order valence-electron chi connectivity index (χ4n) is 1.32. The first-order valence-corrected chi connectivity index (χ1v) is 6.58. The molecule has 0 amide bonds. The Morgan fingerprint density at radius 2 is 1.95 bits per heavy atom. The molecule has 0 saturated heterocycles. The predicted octanol–water partition coefficient (Wildman–Crippen LogP) is 1.00. The van der Waals surface area contributed by atoms with Crippen LogP contribution in [-0.2, 0) is 19.1 Å². The summed E-state index contributed by atoms with van der Waals surface area (Å²) in [6.45, 7) is 2.73. The molecule has 6 nitrogen and oxygen atoms in total. The highest BCUT2D eigenvalue weighted by atomic mass is 16.6. The largest absolute Gasteiger partial charge is 0.463 e. The van der Waals surface area contributed by atoms with Gasteiger partial charge >= 0.3 is 5.97 Å². The SMILES string of the molecule is CN(C)CCOCCOC(=O)CCCCCN=C=O. The molecule has 19 heavy (non-hydrogen) atoms. The standard InChI is InChI=1S/C13H24N2O4/c1-15(2)8-9-18-10-11-19-13(17)6-4-3-5-7-14-12-16/h3-11H2,1-2H3. The van der Waals surface area contributed by atoms with Gasteiger partial charge in [-0.2, -0.15) is 0 Å². The zero-order valence-corrected chi connectivity index (χ0v) is 11.9. The molecule has 0 rings (SSSR count). The lowest BCUT2D eigenvalue weighted by Crippen LogP contribution is -2.19. The molecule has 0 fully saturated rings. The zero-order chi connectivity index (χ0) is 14.3. The average Bonchev–Trinajstić information content (AvgIpc) is 2.37. The van der Waals surface area contributed by atoms with Gasteiger partial charge in [-0.1, -0.05) is 6.42 Å². The summed E-state index contributed by atoms with van der Waals surface area (Å²) < 4.78 is 10.3. The molecule has 0 aliphatic rings. The summed E-state index contributed by atoms with van der Waals surface area (Å²) in [4.78, 5) is 26.6. The quantitative estimate of drug-likeness (QED) is 0.229. The second-order valence-corrected chi connectivity index (χ2v) is 4.42. The molecule has 0 N–H and O–H groups in total. The highest BCUT2D eigenvalue weighted by Gasteiger charge is 2.02. The summed E-state index contributed by atoms with van der Waals surface area (Å²) in [5.74, 6) is -0.199. The molecule has 6 heteroatoms. The van der Waals surface area contributed by atoms with Crippen LogP contribution in [0.5, 0.6) is 0 Å². The van der Waals surface area contributed by atoms with Gasteiger partial charge < -0.3 is 14.4 Å². The molecule has 0 aliphatic carbocycles. The van der Waals surface area contributed by atoms with Gasteiger partial charge in [-0.3, -0.25) is 4.79 Å². The van der Waals surface area contributed by atoms with Crippen LogP contribution in [0, 0.1) is 0 Å². The lowest BCUT2D eigenvalue weighted by Gasteiger charge is -2.10. The summed E-state index contributed by atoms with van der Waals surface area (Å²) in [7, 11) is 3.95. The van der Waals surface area contributed by atoms with Crippen molar-refractivity contribution in [3.63, 3.8) is 0 Å². The number of hydrogen-bond donors (Lipinski definition) is 0. The molecule has 0 bridgehead atoms. The van der Waals surface area contributed by atoms with Crippen molar-refractivity contribution >= 4 is 12.0 Å². The smallest absolute Gasteiger partial charge is 0.305 e. The lowest BCUT2D eigenvalue weighted by atomic mass is 10.2. The number of ether oxygens (including phenoxy) is 2. The van der Waals surface area contributed by atoms with Gasteiger partial charge in [0.1, 0.15) is 6.61 Å². The molecular weight excluding hydrogens is 248 g/mol. The van der Waals surface area contributed by atoms with Crippen molar-refractivity contribution in [3.8, 4) is 0 Å². The number of carbonyl (C=O) groups excluding carboxylic acids is 2. The predicted molar refractivity (Wildman–Crippen MR) is 71.8 cm³/mol. The number of isocyanates is 1. The molecule has 0 heterocycles. The normalized spacial score (nSPS) is 10.3. The number of esters is 1. The van der Waals surface area contributed by atoms with Crippen LogP contribution < -0.4 is 0 Å². The summed E-state index contributed by atoms with van der Waals surface area (Å²) in [5, 5.41) is 0. The highest BCUT2D eigenvalue weighted by Crippen LogP contribution is 2.01. The highest BCUT2D eigenvalue weighted by molar-refractivity contribution is 5.69. The van der Waals surface area contributed by atoms with Gasteiger partial charge in [-0.25, -0.2) is 9.79 Å². The minimum Gasteiger partial charge on any atom is -0.463 e. The first kappa shape index (κ1) is 17.8. The third-order valence-electron chi connectivity index (χ3n) is 2.39. The van der Waals surface area contributed by atoms with Gasteiger partial charge in [0.25, 0.3) is 0 Å². The van der Waals surface area contributed by atoms with Crippen LogP contribution in [0.4, 0.5) is 0 Å². The summed E-state index contributed by atoms with van der Waals surface area (Å²) >= 11 is 0. The van der Waals surface area contributed by atoms with E-state index in [0.29, 0.717) is 32.8 Å². The Bertz CT molecular complexity index is 276. The maximum atomic E-state index is 11.3. The molecule has 0 unspecified atom stereocenters. The van der Waals surface area contributed by atoms with Crippen molar-refractivity contribution in [2.75, 3.05) is 47.0 Å². The Kier molecular flexibility index (Phi) is 12.4. The Labute approximate surface area is 114 Å². The molecule has 0 aromatic carbocycles. The van der Waals surface area contributed by atoms with E-state index in [1.54, 1.807) is 0 Å². The molecule has 0 atom stereocenters. The van der Waals surface area contributed by atoms with E-state index in [1.807, 2.05) is 19.0 Å². The van der Waals surface area contributed by atoms with Crippen LogP contribution in [0.3, 0.4) is 0 Å². The van der Waals surface area contributed by atoms with Crippen LogP contribution in [0.2, 0.25) is 0 Å². The Balaban J connectivity index is 3.23. The maximum Gasteiger partial charge on any atom is 0.305 e. The van der Waals surface area contributed by atoms with Crippen LogP contribution in [0.15, 0.2) is 4.99 Å². The first-order chi connectivity index (χ1) is 9.16. The van der Waals surface area contributed by atoms with E-state index in [9.17, 15) is 9.59 Å². The summed E-state index contributed by atoms with van der Waals surface area (Å²) in [5.41, 5.74) is 0. The van der Waals surface area contributed by atoms with Gasteiger partial charge in [0.2, 0.25) is 6.08 Å². The van der Waals surface area contributed by atoms with Gasteiger partial charge in [0.15, 0.2) is 0 Å². The van der Waals surface area contributed by atoms with E-state index in [2.05, 4.69) is 4.99 Å². The van der Waals surface area contributed by atoms with E-state index in [4.69, 9.17) is 9.47 Å². The molecule has 0 aliphatic heterocycles. The van der Waals surface area contributed by atoms with Crippen LogP contribution in [-0.4, -0.2) is 64.0 Å². The number of aliphatic imine (C=N–C) groups is 1. The van der Waals surface area contributed by atoms with Crippen molar-refractivity contribution in [3.05, 3.63) is 0 Å². The molecule has 110 valence electrons. The van der Waals surface area contributed by atoms with Crippen molar-refractivity contribution in [1.82, 2.24) is 4.90 Å². The van der Waals surface area contributed by atoms with Crippen LogP contribution in [0.1, 0.15) is 25.7 Å². The third kappa shape index (κ3) is 14.7. The van der Waals surface area contributed by atoms with Crippen molar-refractivity contribution in [2.45, 2.75) is 25.7 Å². The number of carbonyl (C=O) groups is 1. The number of unbranched alkanes of at least 4 members (excludes halogenated alkanes) is 2. The minimum absolute atomic E-state index is 0.199. The minimum atomic E-state index is -0.199. The summed E-state index contributed by atoms with van der Waals surface area (Å²) in [6.07, 6.45) is 4.31. The van der Waals surface area contributed by atoms with Crippen molar-refractivity contribution in [1.29, 1.82) is 0 Å². The van der Waals surface area contributed by atoms with Gasteiger partial charge in [-0.15, -0.1) is 0 Å². The monoisotopic (exact) mass is 272 g/mol. The number of hydrogen-bond acceptors (Lipinski definition) is 6. The molecule has 0 saturated carbocycles. The topological polar surface area (TPSA) is 68.2 Å². The maximum absolute atomic E-state index is 11.3. The van der Waals surface area contributed by atoms with Crippen molar-refractivity contribution in [2.24, 2.45) is 4.99 Å². The first-order valence-electron chi connectivity index (χ1n) is 6.58. The van der Waals surface area contributed by atoms with E-state index in [0.717, 1.165) is 25.8 Å². The second-order valence-electron chi connectivity index (χ2n) is 4.42. The van der Waals surface area contributed by atoms with E-state index in [1.165, 1.54) is 6.08 Å². The molecule has 0 aromatic heterocycles. The Hall–Kier alpha value is -1.23. The lowest BCUT2D eigenvalue weighted by molar-refractivity contribution is -0.145. The second kappa shape index (κ2) is 13.2. The number of rotatable bonds is 12. The van der Waals surface area contributed by atoms with Gasteiger partial charge in [0, 0.05) is 13.0 Å². The van der Waals surface area contributed by atoms with Gasteiger partial charge in [-0.05, 0) is 26.9 Å². The van der Waals surface area contributed by atoms with Crippen molar-refractivity contribution < 1.29 is 19.1 Å². The van der Waals surface area contributed by atoms with E-state index >= 15 is 0 Å². The number of likely N-dealkylation sites (N-methyl/N-ethyl adjacent to an activating group) is 1. The number of nitrogens with zero attached hydrogens (tertiary/aromatic N) is 2. The summed E-state index contributed by atoms with van der Waals surface area (Å²) in [6, 6.07) is 0. The molecule has 0 spiro atoms. The van der Waals surface area contributed by atoms with E-state index < -0.39 is 0 Å². The third-order valence-corrected chi connectivity index (χ3v) is 2.39. The molecule has 0 radical (unpaired) electrons.